The Labute approximate surface area is 223 Å². The first-order chi connectivity index (χ1) is 17.9. The predicted octanol–water partition coefficient (Wildman–Crippen LogP) is 7.78. The van der Waals surface area contributed by atoms with Crippen LogP contribution in [0.2, 0.25) is 0 Å². The van der Waals surface area contributed by atoms with Gasteiger partial charge in [0.05, 0.1) is 0 Å². The number of hydrogen-bond donors (Lipinski definition) is 0. The number of carbonyl (C=O) groups is 1. The lowest BCUT2D eigenvalue weighted by molar-refractivity contribution is -0.138. The molecular weight excluding hydrogens is 454 g/mol. The van der Waals surface area contributed by atoms with Gasteiger partial charge < -0.3 is 9.64 Å². The minimum atomic E-state index is -0.904. The molecule has 0 amide bonds. The van der Waals surface area contributed by atoms with Gasteiger partial charge in [0.1, 0.15) is 11.2 Å². The number of esters is 1. The van der Waals surface area contributed by atoms with Crippen molar-refractivity contribution in [1.29, 1.82) is 0 Å². The summed E-state index contributed by atoms with van der Waals surface area (Å²) in [5, 5.41) is 0. The molecule has 1 aliphatic rings. The molecule has 0 aromatic heterocycles. The zero-order chi connectivity index (χ0) is 26.3. The largest absolute Gasteiger partial charge is 0.426 e. The van der Waals surface area contributed by atoms with Gasteiger partial charge in [-0.3, -0.25) is 4.79 Å². The maximum atomic E-state index is 13.8. The second-order valence-electron chi connectivity index (χ2n) is 11.2. The Morgan fingerprint density at radius 1 is 0.946 bits per heavy atom. The van der Waals surface area contributed by atoms with Gasteiger partial charge in [0.2, 0.25) is 0 Å². The van der Waals surface area contributed by atoms with E-state index in [9.17, 15) is 4.79 Å². The van der Waals surface area contributed by atoms with Crippen LogP contribution in [0.3, 0.4) is 0 Å². The molecule has 1 aliphatic heterocycles. The van der Waals surface area contributed by atoms with Crippen LogP contribution in [-0.2, 0) is 15.6 Å². The van der Waals surface area contributed by atoms with Gasteiger partial charge in [0.25, 0.3) is 0 Å². The number of ether oxygens (including phenoxy) is 1. The molecule has 1 saturated heterocycles. The van der Waals surface area contributed by atoms with E-state index in [1.807, 2.05) is 79.7 Å². The molecule has 3 aromatic carbocycles. The molecular formula is C34H43NO2. The Morgan fingerprint density at radius 2 is 1.59 bits per heavy atom. The van der Waals surface area contributed by atoms with Crippen molar-refractivity contribution in [3.8, 4) is 5.75 Å². The number of carbonyl (C=O) groups excluding carboxylic acids is 1. The molecule has 3 heteroatoms. The van der Waals surface area contributed by atoms with E-state index in [4.69, 9.17) is 4.74 Å². The molecule has 0 saturated carbocycles. The monoisotopic (exact) mass is 497 g/mol. The van der Waals surface area contributed by atoms with E-state index in [1.54, 1.807) is 0 Å². The molecule has 1 fully saturated rings. The predicted molar refractivity (Wildman–Crippen MR) is 153 cm³/mol. The molecule has 4 rings (SSSR count). The summed E-state index contributed by atoms with van der Waals surface area (Å²) >= 11 is 0. The van der Waals surface area contributed by atoms with E-state index < -0.39 is 5.41 Å². The molecule has 0 aliphatic carbocycles. The van der Waals surface area contributed by atoms with Crippen molar-refractivity contribution < 1.29 is 9.53 Å². The van der Waals surface area contributed by atoms with Crippen LogP contribution in [0.5, 0.6) is 5.75 Å². The van der Waals surface area contributed by atoms with Gasteiger partial charge in [0.15, 0.2) is 0 Å². The maximum absolute atomic E-state index is 13.8. The quantitative estimate of drug-likeness (QED) is 0.163. The lowest BCUT2D eigenvalue weighted by atomic mass is 9.68. The molecule has 3 nitrogen and oxygen atoms in total. The lowest BCUT2D eigenvalue weighted by Gasteiger charge is -2.45. The van der Waals surface area contributed by atoms with E-state index in [2.05, 4.69) is 37.8 Å². The van der Waals surface area contributed by atoms with Crippen LogP contribution < -0.4 is 4.74 Å². The minimum absolute atomic E-state index is 0.0600. The lowest BCUT2D eigenvalue weighted by Crippen LogP contribution is -2.47. The van der Waals surface area contributed by atoms with Crippen molar-refractivity contribution in [3.63, 3.8) is 0 Å². The van der Waals surface area contributed by atoms with Crippen molar-refractivity contribution in [2.75, 3.05) is 19.6 Å². The summed E-state index contributed by atoms with van der Waals surface area (Å²) < 4.78 is 6.15. The zero-order valence-electron chi connectivity index (χ0n) is 23.1. The first-order valence-electron chi connectivity index (χ1n) is 14.0. The number of rotatable bonds is 10. The van der Waals surface area contributed by atoms with Gasteiger partial charge in [-0.25, -0.2) is 0 Å². The minimum Gasteiger partial charge on any atom is -0.426 e. The Balaban J connectivity index is 1.52. The van der Waals surface area contributed by atoms with Gasteiger partial charge in [-0.1, -0.05) is 113 Å². The Bertz CT molecular complexity index is 1100. The number of unbranched alkanes of at least 4 members (excludes halogenated alkanes) is 3. The molecule has 196 valence electrons. The molecule has 0 bridgehead atoms. The summed E-state index contributed by atoms with van der Waals surface area (Å²) in [4.78, 5) is 16.5. The van der Waals surface area contributed by atoms with Crippen LogP contribution in [-0.4, -0.2) is 30.5 Å². The summed E-state index contributed by atoms with van der Waals surface area (Å²) in [5.74, 6) is 0.885. The summed E-state index contributed by atoms with van der Waals surface area (Å²) in [7, 11) is 0. The normalized spacial score (nSPS) is 20.5. The molecule has 37 heavy (non-hydrogen) atoms. The Morgan fingerprint density at radius 3 is 2.19 bits per heavy atom. The fraction of sp³-hybridized carbons (Fsp3) is 0.441. The van der Waals surface area contributed by atoms with Crippen LogP contribution in [0.25, 0.3) is 0 Å². The molecule has 2 unspecified atom stereocenters. The average Bonchev–Trinajstić information content (AvgIpc) is 2.93. The Hall–Kier alpha value is -2.91. The number of hydrogen-bond acceptors (Lipinski definition) is 3. The third kappa shape index (κ3) is 5.99. The van der Waals surface area contributed by atoms with E-state index >= 15 is 0 Å². The molecule has 2 atom stereocenters. The summed E-state index contributed by atoms with van der Waals surface area (Å²) in [6.07, 6.45) is 6.36. The standard InChI is InChI=1S/C34H43NO2/c1-5-6-7-14-23-35-24-22-33(3,27(2)26-35)30-20-15-21-31(25-30)37-32(36)34(4,28-16-10-8-11-17-28)29-18-12-9-13-19-29/h8-13,15-21,25,27H,5-7,14,22-24,26H2,1-4H3. The van der Waals surface area contributed by atoms with Crippen molar-refractivity contribution in [2.24, 2.45) is 5.92 Å². The summed E-state index contributed by atoms with van der Waals surface area (Å²) in [6, 6.07) is 28.1. The van der Waals surface area contributed by atoms with Crippen LogP contribution in [0.1, 0.15) is 76.5 Å². The first kappa shape index (κ1) is 27.1. The van der Waals surface area contributed by atoms with Crippen LogP contribution in [0, 0.1) is 5.92 Å². The molecule has 0 radical (unpaired) electrons. The smallest absolute Gasteiger partial charge is 0.326 e. The topological polar surface area (TPSA) is 29.5 Å². The van der Waals surface area contributed by atoms with Crippen LogP contribution >= 0.6 is 0 Å². The number of piperidine rings is 1. The van der Waals surface area contributed by atoms with Gasteiger partial charge >= 0.3 is 5.97 Å². The van der Waals surface area contributed by atoms with Gasteiger partial charge in [-0.2, -0.15) is 0 Å². The number of benzene rings is 3. The summed E-state index contributed by atoms with van der Waals surface area (Å²) in [6.45, 7) is 12.4. The molecule has 1 heterocycles. The van der Waals surface area contributed by atoms with E-state index in [1.165, 1.54) is 37.8 Å². The SMILES string of the molecule is CCCCCCN1CCC(C)(c2cccc(OC(=O)C(C)(c3ccccc3)c3ccccc3)c2)C(C)C1. The van der Waals surface area contributed by atoms with Crippen molar-refractivity contribution in [1.82, 2.24) is 4.90 Å². The highest BCUT2D eigenvalue weighted by Gasteiger charge is 2.40. The van der Waals surface area contributed by atoms with E-state index in [-0.39, 0.29) is 11.4 Å². The fourth-order valence-electron chi connectivity index (χ4n) is 5.78. The van der Waals surface area contributed by atoms with Crippen molar-refractivity contribution in [3.05, 3.63) is 102 Å². The van der Waals surface area contributed by atoms with Gasteiger partial charge in [-0.05, 0) is 73.0 Å². The maximum Gasteiger partial charge on any atom is 0.326 e. The first-order valence-corrected chi connectivity index (χ1v) is 14.0. The third-order valence-electron chi connectivity index (χ3n) is 8.71. The third-order valence-corrected chi connectivity index (χ3v) is 8.71. The van der Waals surface area contributed by atoms with Gasteiger partial charge in [-0.15, -0.1) is 0 Å². The molecule has 3 aromatic rings. The van der Waals surface area contributed by atoms with Crippen LogP contribution in [0.15, 0.2) is 84.9 Å². The number of likely N-dealkylation sites (tertiary alicyclic amines) is 1. The highest BCUT2D eigenvalue weighted by Crippen LogP contribution is 2.41. The zero-order valence-corrected chi connectivity index (χ0v) is 23.1. The second kappa shape index (κ2) is 12.1. The van der Waals surface area contributed by atoms with E-state index in [0.29, 0.717) is 11.7 Å². The summed E-state index contributed by atoms with van der Waals surface area (Å²) in [5.41, 5.74) is 2.27. The average molecular weight is 498 g/mol. The van der Waals surface area contributed by atoms with Crippen molar-refractivity contribution in [2.45, 2.75) is 70.6 Å². The Kier molecular flexibility index (Phi) is 8.87. The number of nitrogens with zero attached hydrogens (tertiary/aromatic N) is 1. The van der Waals surface area contributed by atoms with E-state index in [0.717, 1.165) is 30.6 Å². The highest BCUT2D eigenvalue weighted by molar-refractivity contribution is 5.88. The molecule has 0 N–H and O–H groups in total. The molecule has 0 spiro atoms. The second-order valence-corrected chi connectivity index (χ2v) is 11.2. The van der Waals surface area contributed by atoms with Crippen LogP contribution in [0.4, 0.5) is 0 Å². The van der Waals surface area contributed by atoms with Gasteiger partial charge in [0, 0.05) is 6.54 Å². The van der Waals surface area contributed by atoms with Crippen molar-refractivity contribution >= 4 is 5.97 Å². The highest BCUT2D eigenvalue weighted by atomic mass is 16.5. The fourth-order valence-corrected chi connectivity index (χ4v) is 5.78.